The van der Waals surface area contributed by atoms with Gasteiger partial charge in [0.25, 0.3) is 0 Å². The highest BCUT2D eigenvalue weighted by molar-refractivity contribution is 5.78. The van der Waals surface area contributed by atoms with Crippen molar-refractivity contribution in [2.45, 2.75) is 33.0 Å². The summed E-state index contributed by atoms with van der Waals surface area (Å²) >= 11 is 0. The number of carboxylic acid groups (broad SMARTS) is 1. The third-order valence-electron chi connectivity index (χ3n) is 2.65. The Kier molecular flexibility index (Phi) is 4.31. The lowest BCUT2D eigenvalue weighted by atomic mass is 9.86. The zero-order chi connectivity index (χ0) is 15.7. The monoisotopic (exact) mass is 293 g/mol. The second kappa shape index (κ2) is 5.30. The van der Waals surface area contributed by atoms with Gasteiger partial charge in [-0.05, 0) is 23.6 Å². The van der Waals surface area contributed by atoms with Gasteiger partial charge in [-0.25, -0.2) is 9.18 Å². The van der Waals surface area contributed by atoms with E-state index in [4.69, 9.17) is 5.11 Å². The van der Waals surface area contributed by atoms with E-state index in [1.54, 1.807) is 20.8 Å². The van der Waals surface area contributed by atoms with Gasteiger partial charge < -0.3 is 10.4 Å². The number of aliphatic carboxylic acids is 1. The van der Waals surface area contributed by atoms with Gasteiger partial charge in [0.15, 0.2) is 0 Å². The molecule has 0 saturated carbocycles. The maximum absolute atomic E-state index is 13.2. The van der Waals surface area contributed by atoms with Crippen LogP contribution in [0, 0.1) is 11.2 Å². The summed E-state index contributed by atoms with van der Waals surface area (Å²) in [5.41, 5.74) is -2.14. The maximum atomic E-state index is 13.2. The van der Waals surface area contributed by atoms with Crippen LogP contribution in [0.5, 0.6) is 0 Å². The Morgan fingerprint density at radius 3 is 2.15 bits per heavy atom. The van der Waals surface area contributed by atoms with Crippen LogP contribution in [0.2, 0.25) is 0 Å². The molecule has 0 aliphatic carbocycles. The van der Waals surface area contributed by atoms with E-state index in [0.29, 0.717) is 12.1 Å². The Morgan fingerprint density at radius 2 is 1.75 bits per heavy atom. The van der Waals surface area contributed by atoms with Crippen LogP contribution in [0.3, 0.4) is 0 Å². The molecule has 1 aromatic rings. The molecule has 0 bridgehead atoms. The Hall–Kier alpha value is -1.79. The van der Waals surface area contributed by atoms with Gasteiger partial charge in [-0.2, -0.15) is 13.2 Å². The van der Waals surface area contributed by atoms with Gasteiger partial charge in [-0.15, -0.1) is 0 Å². The lowest BCUT2D eigenvalue weighted by molar-refractivity contribution is -0.140. The fourth-order valence-corrected chi connectivity index (χ4v) is 1.65. The molecule has 0 heterocycles. The van der Waals surface area contributed by atoms with Crippen molar-refractivity contribution in [2.75, 3.05) is 5.32 Å². The molecule has 0 fully saturated rings. The number of anilines is 1. The number of benzene rings is 1. The summed E-state index contributed by atoms with van der Waals surface area (Å²) in [6.07, 6.45) is -4.70. The van der Waals surface area contributed by atoms with Crippen LogP contribution in [0.25, 0.3) is 0 Å². The zero-order valence-electron chi connectivity index (χ0n) is 11.2. The molecule has 3 nitrogen and oxygen atoms in total. The molecule has 0 saturated heterocycles. The van der Waals surface area contributed by atoms with E-state index in [-0.39, 0.29) is 5.69 Å². The van der Waals surface area contributed by atoms with E-state index >= 15 is 0 Å². The minimum atomic E-state index is -4.70. The number of hydrogen-bond donors (Lipinski definition) is 2. The van der Waals surface area contributed by atoms with E-state index in [0.717, 1.165) is 6.07 Å². The minimum Gasteiger partial charge on any atom is -0.480 e. The number of nitrogens with one attached hydrogen (secondary N) is 1. The number of hydrogen-bond acceptors (Lipinski definition) is 2. The van der Waals surface area contributed by atoms with Crippen LogP contribution in [0.1, 0.15) is 26.3 Å². The molecular weight excluding hydrogens is 278 g/mol. The van der Waals surface area contributed by atoms with Gasteiger partial charge in [0.2, 0.25) is 0 Å². The van der Waals surface area contributed by atoms with Crippen molar-refractivity contribution < 1.29 is 27.5 Å². The van der Waals surface area contributed by atoms with E-state index < -0.39 is 35.0 Å². The van der Waals surface area contributed by atoms with Crippen molar-refractivity contribution >= 4 is 11.7 Å². The maximum Gasteiger partial charge on any atom is 0.416 e. The largest absolute Gasteiger partial charge is 0.480 e. The lowest BCUT2D eigenvalue weighted by Gasteiger charge is -2.28. The number of carbonyl (C=O) groups is 1. The Bertz CT molecular complexity index is 506. The molecule has 1 unspecified atom stereocenters. The molecule has 0 aliphatic heterocycles. The Balaban J connectivity index is 3.15. The van der Waals surface area contributed by atoms with Gasteiger partial charge in [-0.1, -0.05) is 20.8 Å². The van der Waals surface area contributed by atoms with Crippen LogP contribution in [-0.2, 0) is 11.0 Å². The van der Waals surface area contributed by atoms with Crippen molar-refractivity contribution in [1.82, 2.24) is 0 Å². The summed E-state index contributed by atoms with van der Waals surface area (Å²) in [5, 5.41) is 11.5. The molecule has 7 heteroatoms. The molecular formula is C13H15F4NO2. The molecule has 112 valence electrons. The van der Waals surface area contributed by atoms with Crippen LogP contribution in [-0.4, -0.2) is 17.1 Å². The van der Waals surface area contributed by atoms with Crippen molar-refractivity contribution in [2.24, 2.45) is 5.41 Å². The molecule has 2 N–H and O–H groups in total. The number of rotatable bonds is 3. The fourth-order valence-electron chi connectivity index (χ4n) is 1.65. The van der Waals surface area contributed by atoms with Crippen molar-refractivity contribution in [3.63, 3.8) is 0 Å². The predicted molar refractivity (Wildman–Crippen MR) is 65.9 cm³/mol. The van der Waals surface area contributed by atoms with E-state index in [2.05, 4.69) is 5.32 Å². The molecule has 1 aromatic carbocycles. The van der Waals surface area contributed by atoms with Gasteiger partial charge in [-0.3, -0.25) is 0 Å². The van der Waals surface area contributed by atoms with Gasteiger partial charge in [0.1, 0.15) is 11.9 Å². The minimum absolute atomic E-state index is 0.223. The fraction of sp³-hybridized carbons (Fsp3) is 0.462. The average Bonchev–Trinajstić information content (AvgIpc) is 2.21. The van der Waals surface area contributed by atoms with Crippen LogP contribution >= 0.6 is 0 Å². The molecule has 0 spiro atoms. The molecule has 20 heavy (non-hydrogen) atoms. The van der Waals surface area contributed by atoms with Gasteiger partial charge in [0.05, 0.1) is 5.56 Å². The van der Waals surface area contributed by atoms with Gasteiger partial charge >= 0.3 is 12.1 Å². The normalized spacial score (nSPS) is 13.9. The van der Waals surface area contributed by atoms with Gasteiger partial charge in [0, 0.05) is 5.69 Å². The summed E-state index contributed by atoms with van der Waals surface area (Å²) in [6.45, 7) is 4.84. The second-order valence-corrected chi connectivity index (χ2v) is 5.51. The quantitative estimate of drug-likeness (QED) is 0.834. The molecule has 0 radical (unpaired) electrons. The first kappa shape index (κ1) is 16.3. The summed E-state index contributed by atoms with van der Waals surface area (Å²) in [7, 11) is 0. The van der Waals surface area contributed by atoms with E-state index in [1.807, 2.05) is 0 Å². The first-order chi connectivity index (χ1) is 8.91. The zero-order valence-corrected chi connectivity index (χ0v) is 11.2. The highest BCUT2D eigenvalue weighted by Gasteiger charge is 2.34. The number of halogens is 4. The Morgan fingerprint density at radius 1 is 1.20 bits per heavy atom. The molecule has 0 aromatic heterocycles. The number of alkyl halides is 3. The molecule has 0 aliphatic rings. The molecule has 1 rings (SSSR count). The van der Waals surface area contributed by atoms with E-state index in [1.165, 1.54) is 0 Å². The summed E-state index contributed by atoms with van der Waals surface area (Å²) in [5.74, 6) is -2.31. The molecule has 0 amide bonds. The highest BCUT2D eigenvalue weighted by atomic mass is 19.4. The first-order valence-electron chi connectivity index (χ1n) is 5.78. The van der Waals surface area contributed by atoms with Crippen molar-refractivity contribution in [3.8, 4) is 0 Å². The number of carboxylic acids is 1. The predicted octanol–water partition coefficient (Wildman–Crippen LogP) is 3.76. The lowest BCUT2D eigenvalue weighted by Crippen LogP contribution is -2.41. The average molecular weight is 293 g/mol. The standard InChI is InChI=1S/C13H15F4NO2/c1-12(2,3)10(11(19)20)18-9-5-7(13(15,16)17)4-8(14)6-9/h4-6,10,18H,1-3H3,(H,19,20). The topological polar surface area (TPSA) is 49.3 Å². The second-order valence-electron chi connectivity index (χ2n) is 5.51. The van der Waals surface area contributed by atoms with E-state index in [9.17, 15) is 22.4 Å². The smallest absolute Gasteiger partial charge is 0.416 e. The Labute approximate surface area is 113 Å². The highest BCUT2D eigenvalue weighted by Crippen LogP contribution is 2.32. The van der Waals surface area contributed by atoms with Crippen LogP contribution < -0.4 is 5.32 Å². The third kappa shape index (κ3) is 4.11. The third-order valence-corrected chi connectivity index (χ3v) is 2.65. The molecule has 1 atom stereocenters. The first-order valence-corrected chi connectivity index (χ1v) is 5.78. The summed E-state index contributed by atoms with van der Waals surface area (Å²) in [4.78, 5) is 11.1. The van der Waals surface area contributed by atoms with Crippen LogP contribution in [0.15, 0.2) is 18.2 Å². The van der Waals surface area contributed by atoms with Crippen LogP contribution in [0.4, 0.5) is 23.2 Å². The van der Waals surface area contributed by atoms with Crippen molar-refractivity contribution in [1.29, 1.82) is 0 Å². The van der Waals surface area contributed by atoms with Crippen molar-refractivity contribution in [3.05, 3.63) is 29.6 Å². The summed E-state index contributed by atoms with van der Waals surface area (Å²) < 4.78 is 50.9. The SMILES string of the molecule is CC(C)(C)C(Nc1cc(F)cc(C(F)(F)F)c1)C(=O)O. The summed E-state index contributed by atoms with van der Waals surface area (Å²) in [6, 6.07) is 0.727.